The van der Waals surface area contributed by atoms with Crippen molar-refractivity contribution in [1.29, 1.82) is 0 Å². The second-order valence-electron chi connectivity index (χ2n) is 14.5. The highest BCUT2D eigenvalue weighted by Gasteiger charge is 2.47. The molecule has 2 heterocycles. The minimum Gasteiger partial charge on any atom is -0.477 e. The number of fused-ring (bicyclic) bond motifs is 1. The lowest BCUT2D eigenvalue weighted by Gasteiger charge is -2.37. The maximum atomic E-state index is 14.1. The molecule has 4 N–H and O–H groups in total. The van der Waals surface area contributed by atoms with Crippen LogP contribution < -0.4 is 10.6 Å². The number of halogens is 1. The number of likely N-dealkylation sites (tertiary alicyclic amines) is 1. The first-order valence-electron chi connectivity index (χ1n) is 16.9. The van der Waals surface area contributed by atoms with Gasteiger partial charge in [0.05, 0.1) is 6.04 Å². The number of H-pyrrole nitrogens is 1. The van der Waals surface area contributed by atoms with E-state index in [1.807, 2.05) is 0 Å². The number of aromatic amines is 1. The van der Waals surface area contributed by atoms with Crippen molar-refractivity contribution >= 4 is 40.5 Å². The molecular weight excluding hydrogens is 591 g/mol. The molecule has 1 unspecified atom stereocenters. The van der Waals surface area contributed by atoms with Gasteiger partial charge in [-0.3, -0.25) is 9.59 Å². The van der Waals surface area contributed by atoms with Crippen LogP contribution in [0.2, 0.25) is 0 Å². The van der Waals surface area contributed by atoms with Gasteiger partial charge in [-0.15, -0.1) is 0 Å². The fourth-order valence-corrected chi connectivity index (χ4v) is 8.03. The number of aromatic carboxylic acids is 1. The molecule has 1 aromatic heterocycles. The predicted octanol–water partition coefficient (Wildman–Crippen LogP) is 6.58. The zero-order chi connectivity index (χ0) is 33.2. The Balaban J connectivity index is 1.29. The number of aryl methyl sites for hydroxylation is 1. The topological polar surface area (TPSA) is 141 Å². The van der Waals surface area contributed by atoms with E-state index in [1.54, 1.807) is 50.8 Å². The zero-order valence-electron chi connectivity index (χ0n) is 27.5. The number of carboxylic acids is 1. The number of benzene rings is 1. The van der Waals surface area contributed by atoms with Crippen LogP contribution in [0.25, 0.3) is 10.9 Å². The average Bonchev–Trinajstić information content (AvgIpc) is 3.61. The molecule has 1 aliphatic heterocycles. The van der Waals surface area contributed by atoms with Crippen molar-refractivity contribution in [2.24, 2.45) is 23.7 Å². The summed E-state index contributed by atoms with van der Waals surface area (Å²) in [6.07, 6.45) is 8.08. The van der Waals surface area contributed by atoms with Gasteiger partial charge >= 0.3 is 12.1 Å². The lowest BCUT2D eigenvalue weighted by atomic mass is 9.76. The monoisotopic (exact) mass is 640 g/mol. The Kier molecular flexibility index (Phi) is 10.3. The van der Waals surface area contributed by atoms with Crippen LogP contribution in [-0.4, -0.2) is 69.8 Å². The van der Waals surface area contributed by atoms with Gasteiger partial charge in [-0.25, -0.2) is 14.0 Å². The molecule has 0 radical (unpaired) electrons. The molecule has 1 aromatic carbocycles. The van der Waals surface area contributed by atoms with E-state index in [9.17, 15) is 28.7 Å². The van der Waals surface area contributed by atoms with Crippen LogP contribution in [0.15, 0.2) is 18.2 Å². The number of anilines is 1. The van der Waals surface area contributed by atoms with Crippen molar-refractivity contribution in [2.75, 3.05) is 18.5 Å². The third-order valence-electron chi connectivity index (χ3n) is 10.3. The van der Waals surface area contributed by atoms with E-state index in [4.69, 9.17) is 4.74 Å². The molecule has 2 aromatic rings. The van der Waals surface area contributed by atoms with E-state index in [0.29, 0.717) is 54.9 Å². The van der Waals surface area contributed by atoms with Crippen molar-refractivity contribution in [2.45, 2.75) is 110 Å². The summed E-state index contributed by atoms with van der Waals surface area (Å²) in [7, 11) is 0. The number of carbonyl (C=O) groups is 4. The molecule has 11 heteroatoms. The molecule has 3 atom stereocenters. The standard InChI is InChI=1S/C35H49FN4O6/c1-20-26-18-24(14-15-27(26)38-29(20)33(43)44)37-31(41)30-25(21-8-6-5-7-9-21)16-17-40(30)32(42)23-12-10-22(11-13-23)28(19-36)39-34(45)46-35(2,3)4/h14-15,18,21-23,25,28,30,38H,5-13,16-17,19H2,1-4H3,(H,37,41)(H,39,45)(H,43,44)/t22?,23?,25-,28?,30-/m0/s1. The Labute approximate surface area is 270 Å². The summed E-state index contributed by atoms with van der Waals surface area (Å²) < 4.78 is 19.3. The highest BCUT2D eigenvalue weighted by atomic mass is 19.1. The number of alkyl halides is 1. The Morgan fingerprint density at radius 3 is 2.37 bits per heavy atom. The summed E-state index contributed by atoms with van der Waals surface area (Å²) in [6, 6.07) is 4.06. The van der Waals surface area contributed by atoms with Crippen molar-refractivity contribution in [3.05, 3.63) is 29.5 Å². The molecule has 2 saturated carbocycles. The molecule has 10 nitrogen and oxygen atoms in total. The van der Waals surface area contributed by atoms with E-state index in [-0.39, 0.29) is 35.3 Å². The Hall–Kier alpha value is -3.63. The minimum atomic E-state index is -1.04. The van der Waals surface area contributed by atoms with Crippen LogP contribution in [0.3, 0.4) is 0 Å². The number of hydrogen-bond acceptors (Lipinski definition) is 5. The number of carbonyl (C=O) groups excluding carboxylic acids is 3. The van der Waals surface area contributed by atoms with Gasteiger partial charge in [0.25, 0.3) is 0 Å². The lowest BCUT2D eigenvalue weighted by molar-refractivity contribution is -0.142. The molecule has 0 bridgehead atoms. The van der Waals surface area contributed by atoms with Gasteiger partial charge in [-0.05, 0) is 101 Å². The van der Waals surface area contributed by atoms with Gasteiger partial charge in [0.1, 0.15) is 24.0 Å². The smallest absolute Gasteiger partial charge is 0.407 e. The van der Waals surface area contributed by atoms with Crippen molar-refractivity contribution < 1.29 is 33.4 Å². The Bertz CT molecular complexity index is 1440. The predicted molar refractivity (Wildman–Crippen MR) is 173 cm³/mol. The largest absolute Gasteiger partial charge is 0.477 e. The SMILES string of the molecule is Cc1c(C(=O)O)[nH]c2ccc(NC(=O)[C@@H]3[C@H](C4CCCCC4)CCN3C(=O)C3CCC(C(CF)NC(=O)OC(C)(C)C)CC3)cc12. The molecule has 3 amide bonds. The third kappa shape index (κ3) is 7.50. The molecular formula is C35H49FN4O6. The van der Waals surface area contributed by atoms with E-state index in [2.05, 4.69) is 15.6 Å². The van der Waals surface area contributed by atoms with Crippen LogP contribution in [0.5, 0.6) is 0 Å². The second kappa shape index (κ2) is 14.0. The van der Waals surface area contributed by atoms with E-state index >= 15 is 0 Å². The molecule has 0 spiro atoms. The van der Waals surface area contributed by atoms with Crippen LogP contribution >= 0.6 is 0 Å². The number of aromatic nitrogens is 1. The maximum Gasteiger partial charge on any atom is 0.407 e. The zero-order valence-corrected chi connectivity index (χ0v) is 27.5. The Morgan fingerprint density at radius 2 is 1.74 bits per heavy atom. The second-order valence-corrected chi connectivity index (χ2v) is 14.5. The number of amides is 3. The van der Waals surface area contributed by atoms with E-state index < -0.39 is 36.4 Å². The molecule has 3 fully saturated rings. The number of rotatable bonds is 8. The molecule has 252 valence electrons. The van der Waals surface area contributed by atoms with Gasteiger partial charge < -0.3 is 30.4 Å². The maximum absolute atomic E-state index is 14.1. The van der Waals surface area contributed by atoms with Crippen molar-refractivity contribution in [1.82, 2.24) is 15.2 Å². The average molecular weight is 641 g/mol. The molecule has 2 aliphatic carbocycles. The fraction of sp³-hybridized carbons (Fsp3) is 0.657. The highest BCUT2D eigenvalue weighted by Crippen LogP contribution is 2.41. The minimum absolute atomic E-state index is 0.0168. The summed E-state index contributed by atoms with van der Waals surface area (Å²) in [4.78, 5) is 56.8. The quantitative estimate of drug-likeness (QED) is 0.257. The first-order valence-corrected chi connectivity index (χ1v) is 16.9. The van der Waals surface area contributed by atoms with Gasteiger partial charge in [-0.1, -0.05) is 32.1 Å². The number of nitrogens with zero attached hydrogens (tertiary/aromatic N) is 1. The number of ether oxygens (including phenoxy) is 1. The summed E-state index contributed by atoms with van der Waals surface area (Å²) >= 11 is 0. The third-order valence-corrected chi connectivity index (χ3v) is 10.3. The van der Waals surface area contributed by atoms with Gasteiger partial charge in [0, 0.05) is 29.1 Å². The van der Waals surface area contributed by atoms with E-state index in [1.165, 1.54) is 6.42 Å². The highest BCUT2D eigenvalue weighted by molar-refractivity contribution is 6.02. The van der Waals surface area contributed by atoms with Crippen molar-refractivity contribution in [3.63, 3.8) is 0 Å². The number of nitrogens with one attached hydrogen (secondary N) is 3. The van der Waals surface area contributed by atoms with Crippen LogP contribution in [-0.2, 0) is 14.3 Å². The molecule has 1 saturated heterocycles. The molecule has 5 rings (SSSR count). The normalized spacial score (nSPS) is 24.8. The summed E-state index contributed by atoms with van der Waals surface area (Å²) in [5.74, 6) is -1.16. The summed E-state index contributed by atoms with van der Waals surface area (Å²) in [6.45, 7) is 6.85. The summed E-state index contributed by atoms with van der Waals surface area (Å²) in [5.41, 5.74) is 1.28. The molecule has 46 heavy (non-hydrogen) atoms. The first-order chi connectivity index (χ1) is 21.9. The van der Waals surface area contributed by atoms with Crippen molar-refractivity contribution in [3.8, 4) is 0 Å². The fourth-order valence-electron chi connectivity index (χ4n) is 8.03. The number of hydrogen-bond donors (Lipinski definition) is 4. The van der Waals surface area contributed by atoms with Crippen LogP contribution in [0, 0.1) is 30.6 Å². The number of carboxylic acid groups (broad SMARTS) is 1. The van der Waals surface area contributed by atoms with Gasteiger partial charge in [0.15, 0.2) is 0 Å². The summed E-state index contributed by atoms with van der Waals surface area (Å²) in [5, 5.41) is 16.0. The van der Waals surface area contributed by atoms with Gasteiger partial charge in [-0.2, -0.15) is 0 Å². The van der Waals surface area contributed by atoms with Crippen LogP contribution in [0.4, 0.5) is 14.9 Å². The Morgan fingerprint density at radius 1 is 1.04 bits per heavy atom. The lowest BCUT2D eigenvalue weighted by Crippen LogP contribution is -2.50. The first kappa shape index (κ1) is 33.7. The van der Waals surface area contributed by atoms with E-state index in [0.717, 1.165) is 37.5 Å². The number of alkyl carbamates (subject to hydrolysis) is 1. The van der Waals surface area contributed by atoms with Crippen LogP contribution in [0.1, 0.15) is 101 Å². The molecule has 3 aliphatic rings. The van der Waals surface area contributed by atoms with Gasteiger partial charge in [0.2, 0.25) is 11.8 Å².